The lowest BCUT2D eigenvalue weighted by Gasteiger charge is -2.40. The molecule has 0 amide bonds. The largest absolute Gasteiger partial charge is 0.368 e. The summed E-state index contributed by atoms with van der Waals surface area (Å²) >= 11 is 0. The number of rotatable bonds is 2. The van der Waals surface area contributed by atoms with Gasteiger partial charge < -0.3 is 4.90 Å². The van der Waals surface area contributed by atoms with Crippen LogP contribution < -0.4 is 4.90 Å². The zero-order valence-corrected chi connectivity index (χ0v) is 11.3. The second-order valence-electron chi connectivity index (χ2n) is 5.88. The van der Waals surface area contributed by atoms with Gasteiger partial charge in [-0.2, -0.15) is 0 Å². The van der Waals surface area contributed by atoms with Gasteiger partial charge in [0.1, 0.15) is 5.82 Å². The van der Waals surface area contributed by atoms with Gasteiger partial charge in [0.2, 0.25) is 0 Å². The number of benzene rings is 1. The first-order valence-electron chi connectivity index (χ1n) is 6.45. The number of hydrogen-bond acceptors (Lipinski definition) is 2. The highest BCUT2D eigenvalue weighted by atomic mass is 19.1. The minimum Gasteiger partial charge on any atom is -0.368 e. The highest BCUT2D eigenvalue weighted by Crippen LogP contribution is 2.34. The number of ketones is 1. The zero-order valence-electron chi connectivity index (χ0n) is 11.3. The van der Waals surface area contributed by atoms with E-state index in [-0.39, 0.29) is 17.0 Å². The summed E-state index contributed by atoms with van der Waals surface area (Å²) in [6.45, 7) is 7.49. The molecular weight excluding hydrogens is 229 g/mol. The number of para-hydroxylation sites is 1. The molecule has 0 unspecified atom stereocenters. The molecule has 1 aliphatic heterocycles. The van der Waals surface area contributed by atoms with Crippen LogP contribution in [-0.2, 0) is 0 Å². The smallest absolute Gasteiger partial charge is 0.161 e. The number of hydrogen-bond donors (Lipinski definition) is 0. The van der Waals surface area contributed by atoms with E-state index >= 15 is 0 Å². The molecule has 3 heteroatoms. The first-order chi connectivity index (χ1) is 8.41. The van der Waals surface area contributed by atoms with E-state index < -0.39 is 0 Å². The molecule has 2 rings (SSSR count). The van der Waals surface area contributed by atoms with Crippen molar-refractivity contribution in [2.24, 2.45) is 5.41 Å². The maximum absolute atomic E-state index is 14.1. The molecule has 2 nitrogen and oxygen atoms in total. The fraction of sp³-hybridized carbons (Fsp3) is 0.533. The van der Waals surface area contributed by atoms with Crippen LogP contribution >= 0.6 is 0 Å². The van der Waals surface area contributed by atoms with Crippen molar-refractivity contribution in [3.63, 3.8) is 0 Å². The van der Waals surface area contributed by atoms with Crippen LogP contribution in [0.15, 0.2) is 18.2 Å². The normalized spacial score (nSPS) is 18.8. The van der Waals surface area contributed by atoms with Gasteiger partial charge in [0.05, 0.1) is 5.69 Å². The average Bonchev–Trinajstić information content (AvgIpc) is 2.27. The van der Waals surface area contributed by atoms with Gasteiger partial charge >= 0.3 is 0 Å². The molecule has 1 saturated heterocycles. The predicted molar refractivity (Wildman–Crippen MR) is 71.6 cm³/mol. The Hall–Kier alpha value is -1.38. The molecule has 0 N–H and O–H groups in total. The molecule has 0 radical (unpaired) electrons. The van der Waals surface area contributed by atoms with Gasteiger partial charge in [0.25, 0.3) is 0 Å². The van der Waals surface area contributed by atoms with Crippen LogP contribution in [0.2, 0.25) is 0 Å². The minimum absolute atomic E-state index is 0.0760. The van der Waals surface area contributed by atoms with Crippen molar-refractivity contribution in [2.45, 2.75) is 33.6 Å². The maximum Gasteiger partial charge on any atom is 0.161 e. The van der Waals surface area contributed by atoms with Crippen LogP contribution in [0.5, 0.6) is 0 Å². The van der Waals surface area contributed by atoms with E-state index in [4.69, 9.17) is 0 Å². The molecule has 1 aromatic carbocycles. The van der Waals surface area contributed by atoms with Gasteiger partial charge in [-0.25, -0.2) is 4.39 Å². The van der Waals surface area contributed by atoms with Gasteiger partial charge in [0, 0.05) is 18.7 Å². The third-order valence-corrected chi connectivity index (χ3v) is 3.58. The topological polar surface area (TPSA) is 20.3 Å². The van der Waals surface area contributed by atoms with Crippen LogP contribution in [0.25, 0.3) is 0 Å². The van der Waals surface area contributed by atoms with Crippen molar-refractivity contribution in [1.29, 1.82) is 0 Å². The van der Waals surface area contributed by atoms with E-state index in [0.29, 0.717) is 11.3 Å². The maximum atomic E-state index is 14.1. The number of piperidine rings is 1. The van der Waals surface area contributed by atoms with E-state index in [1.54, 1.807) is 12.1 Å². The van der Waals surface area contributed by atoms with Crippen molar-refractivity contribution in [1.82, 2.24) is 0 Å². The molecule has 0 spiro atoms. The Labute approximate surface area is 108 Å². The van der Waals surface area contributed by atoms with Crippen LogP contribution in [0, 0.1) is 11.2 Å². The number of halogens is 1. The van der Waals surface area contributed by atoms with E-state index in [1.165, 1.54) is 13.0 Å². The van der Waals surface area contributed by atoms with Crippen LogP contribution in [0.1, 0.15) is 44.0 Å². The van der Waals surface area contributed by atoms with Crippen LogP contribution in [-0.4, -0.2) is 18.9 Å². The first kappa shape index (κ1) is 13.1. The van der Waals surface area contributed by atoms with Crippen molar-refractivity contribution in [3.8, 4) is 0 Å². The van der Waals surface area contributed by atoms with Gasteiger partial charge in [-0.15, -0.1) is 0 Å². The van der Waals surface area contributed by atoms with E-state index in [2.05, 4.69) is 13.8 Å². The first-order valence-corrected chi connectivity index (χ1v) is 6.45. The van der Waals surface area contributed by atoms with E-state index in [9.17, 15) is 9.18 Å². The highest BCUT2D eigenvalue weighted by molar-refractivity contribution is 5.99. The number of nitrogens with zero attached hydrogens (tertiary/aromatic N) is 1. The Morgan fingerprint density at radius 2 is 2.11 bits per heavy atom. The van der Waals surface area contributed by atoms with Gasteiger partial charge in [-0.3, -0.25) is 4.79 Å². The molecule has 98 valence electrons. The van der Waals surface area contributed by atoms with Gasteiger partial charge in [-0.05, 0) is 37.3 Å². The quantitative estimate of drug-likeness (QED) is 0.746. The Balaban J connectivity index is 2.41. The molecule has 0 bridgehead atoms. The van der Waals surface area contributed by atoms with Gasteiger partial charge in [-0.1, -0.05) is 19.9 Å². The van der Waals surface area contributed by atoms with Crippen molar-refractivity contribution in [2.75, 3.05) is 18.0 Å². The fourth-order valence-corrected chi connectivity index (χ4v) is 2.73. The lowest BCUT2D eigenvalue weighted by molar-refractivity contribution is 0.101. The van der Waals surface area contributed by atoms with E-state index in [0.717, 1.165) is 25.9 Å². The Morgan fingerprint density at radius 3 is 2.72 bits per heavy atom. The number of Topliss-reactive ketones (excluding diaryl/α,β-unsaturated/α-hetero) is 1. The lowest BCUT2D eigenvalue weighted by Crippen LogP contribution is -2.41. The summed E-state index contributed by atoms with van der Waals surface area (Å²) in [7, 11) is 0. The average molecular weight is 249 g/mol. The summed E-state index contributed by atoms with van der Waals surface area (Å²) in [5.41, 5.74) is 1.15. The highest BCUT2D eigenvalue weighted by Gasteiger charge is 2.29. The van der Waals surface area contributed by atoms with E-state index in [1.807, 2.05) is 4.90 Å². The summed E-state index contributed by atoms with van der Waals surface area (Å²) in [6, 6.07) is 4.75. The number of carbonyl (C=O) groups excluding carboxylic acids is 1. The third-order valence-electron chi connectivity index (χ3n) is 3.58. The fourth-order valence-electron chi connectivity index (χ4n) is 2.73. The molecule has 0 atom stereocenters. The molecule has 1 fully saturated rings. The molecule has 1 aromatic rings. The second-order valence-corrected chi connectivity index (χ2v) is 5.88. The van der Waals surface area contributed by atoms with Crippen molar-refractivity contribution >= 4 is 11.5 Å². The Morgan fingerprint density at radius 1 is 1.39 bits per heavy atom. The predicted octanol–water partition coefficient (Wildman–Crippen LogP) is 3.65. The van der Waals surface area contributed by atoms with Gasteiger partial charge in [0.15, 0.2) is 5.78 Å². The number of carbonyl (C=O) groups is 1. The van der Waals surface area contributed by atoms with Crippen molar-refractivity contribution in [3.05, 3.63) is 29.6 Å². The zero-order chi connectivity index (χ0) is 13.3. The number of anilines is 1. The molecule has 18 heavy (non-hydrogen) atoms. The molecule has 0 aromatic heterocycles. The summed E-state index contributed by atoms with van der Waals surface area (Å²) in [6.07, 6.45) is 2.19. The minimum atomic E-state index is -0.291. The molecule has 0 aliphatic carbocycles. The summed E-state index contributed by atoms with van der Waals surface area (Å²) < 4.78 is 14.1. The molecule has 1 aliphatic rings. The SMILES string of the molecule is CC(=O)c1cccc(F)c1N1CCCC(C)(C)C1. The summed E-state index contributed by atoms with van der Waals surface area (Å²) in [4.78, 5) is 13.7. The Kier molecular flexibility index (Phi) is 3.42. The lowest BCUT2D eigenvalue weighted by atomic mass is 9.83. The third kappa shape index (κ3) is 2.55. The monoisotopic (exact) mass is 249 g/mol. The summed E-state index contributed by atoms with van der Waals surface area (Å²) in [5, 5.41) is 0. The second kappa shape index (κ2) is 4.71. The molecule has 1 heterocycles. The Bertz CT molecular complexity index is 468. The van der Waals surface area contributed by atoms with Crippen molar-refractivity contribution < 1.29 is 9.18 Å². The van der Waals surface area contributed by atoms with Crippen LogP contribution in [0.4, 0.5) is 10.1 Å². The standard InChI is InChI=1S/C15H20FNO/c1-11(18)12-6-4-7-13(16)14(12)17-9-5-8-15(2,3)10-17/h4,6-7H,5,8-10H2,1-3H3. The molecular formula is C15H20FNO. The molecule has 0 saturated carbocycles. The van der Waals surface area contributed by atoms with Crippen LogP contribution in [0.3, 0.4) is 0 Å². The summed E-state index contributed by atoms with van der Waals surface area (Å²) in [5.74, 6) is -0.367.